The molecule has 0 fully saturated rings. The highest BCUT2D eigenvalue weighted by molar-refractivity contribution is 5.86. The van der Waals surface area contributed by atoms with Gasteiger partial charge >= 0.3 is 12.0 Å². The van der Waals surface area contributed by atoms with E-state index < -0.39 is 5.97 Å². The Morgan fingerprint density at radius 1 is 0.857 bits per heavy atom. The molecule has 1 heterocycles. The van der Waals surface area contributed by atoms with Gasteiger partial charge in [0.15, 0.2) is 0 Å². The van der Waals surface area contributed by atoms with Gasteiger partial charge in [0, 0.05) is 36.8 Å². The number of nitrogens with one attached hydrogen (secondary N) is 1. The monoisotopic (exact) mass is 559 g/mol. The standard InChI is InChI=1S/C35H33N3O4/c1-3-38(35(41)37-22-24-8-5-4-6-9-24)23-29-20-27(28-13-12-26-10-7-17-36-32(26)21-28)14-15-30(29)31-18-25(19-34(39)40)11-16-33(31)42-2/h4-18,20-21H,3,19,22-23H2,1-2H3,(H,37,41)(H,39,40). The van der Waals surface area contributed by atoms with Gasteiger partial charge in [0.1, 0.15) is 5.75 Å². The summed E-state index contributed by atoms with van der Waals surface area (Å²) in [4.78, 5) is 31.1. The molecule has 7 nitrogen and oxygen atoms in total. The van der Waals surface area contributed by atoms with Gasteiger partial charge in [0.2, 0.25) is 0 Å². The van der Waals surface area contributed by atoms with Crippen molar-refractivity contribution < 1.29 is 19.4 Å². The van der Waals surface area contributed by atoms with E-state index >= 15 is 0 Å². The Labute approximate surface area is 245 Å². The van der Waals surface area contributed by atoms with E-state index in [1.165, 1.54) is 0 Å². The predicted octanol–water partition coefficient (Wildman–Crippen LogP) is 6.94. The molecule has 0 aliphatic rings. The van der Waals surface area contributed by atoms with Gasteiger partial charge in [-0.3, -0.25) is 9.78 Å². The average molecular weight is 560 g/mol. The van der Waals surface area contributed by atoms with Crippen molar-refractivity contribution in [2.75, 3.05) is 13.7 Å². The molecule has 2 amide bonds. The summed E-state index contributed by atoms with van der Waals surface area (Å²) in [5.74, 6) is -0.275. The van der Waals surface area contributed by atoms with E-state index in [2.05, 4.69) is 34.6 Å². The molecule has 2 N–H and O–H groups in total. The van der Waals surface area contributed by atoms with Crippen LogP contribution >= 0.6 is 0 Å². The number of carboxylic acids is 1. The number of hydrogen-bond acceptors (Lipinski definition) is 4. The Morgan fingerprint density at radius 3 is 2.40 bits per heavy atom. The number of hydrogen-bond donors (Lipinski definition) is 2. The zero-order valence-electron chi connectivity index (χ0n) is 23.7. The number of benzene rings is 4. The van der Waals surface area contributed by atoms with Crippen molar-refractivity contribution >= 4 is 22.9 Å². The molecular weight excluding hydrogens is 526 g/mol. The lowest BCUT2D eigenvalue weighted by Gasteiger charge is -2.24. The van der Waals surface area contributed by atoms with Gasteiger partial charge in [0.05, 0.1) is 19.0 Å². The van der Waals surface area contributed by atoms with Gasteiger partial charge in [-0.2, -0.15) is 0 Å². The number of carbonyl (C=O) groups excluding carboxylic acids is 1. The van der Waals surface area contributed by atoms with E-state index in [1.54, 1.807) is 30.3 Å². The predicted molar refractivity (Wildman–Crippen MR) is 165 cm³/mol. The molecule has 0 atom stereocenters. The van der Waals surface area contributed by atoms with Crippen LogP contribution in [0, 0.1) is 0 Å². The number of nitrogens with zero attached hydrogens (tertiary/aromatic N) is 2. The number of fused-ring (bicyclic) bond motifs is 1. The number of aromatic nitrogens is 1. The normalized spacial score (nSPS) is 10.8. The number of carbonyl (C=O) groups is 2. The van der Waals surface area contributed by atoms with E-state index in [-0.39, 0.29) is 12.5 Å². The van der Waals surface area contributed by atoms with Crippen LogP contribution in [0.25, 0.3) is 33.2 Å². The Balaban J connectivity index is 1.55. The van der Waals surface area contributed by atoms with Crippen LogP contribution in [0.1, 0.15) is 23.6 Å². The van der Waals surface area contributed by atoms with Gasteiger partial charge in [0.25, 0.3) is 0 Å². The topological polar surface area (TPSA) is 91.8 Å². The van der Waals surface area contributed by atoms with E-state index in [1.807, 2.05) is 67.6 Å². The maximum absolute atomic E-state index is 13.3. The number of aliphatic carboxylic acids is 1. The summed E-state index contributed by atoms with van der Waals surface area (Å²) in [5, 5.41) is 13.5. The molecule has 5 aromatic rings. The highest BCUT2D eigenvalue weighted by Gasteiger charge is 2.19. The number of amides is 2. The summed E-state index contributed by atoms with van der Waals surface area (Å²) >= 11 is 0. The quantitative estimate of drug-likeness (QED) is 0.193. The highest BCUT2D eigenvalue weighted by Crippen LogP contribution is 2.36. The lowest BCUT2D eigenvalue weighted by molar-refractivity contribution is -0.136. The molecule has 1 aromatic heterocycles. The summed E-state index contributed by atoms with van der Waals surface area (Å²) in [6.45, 7) is 3.23. The summed E-state index contributed by atoms with van der Waals surface area (Å²) in [6.07, 6.45) is 1.68. The van der Waals surface area contributed by atoms with E-state index in [0.29, 0.717) is 30.9 Å². The maximum Gasteiger partial charge on any atom is 0.317 e. The first-order valence-corrected chi connectivity index (χ1v) is 13.9. The third-order valence-electron chi connectivity index (χ3n) is 7.27. The molecule has 0 unspecified atom stereocenters. The summed E-state index contributed by atoms with van der Waals surface area (Å²) in [7, 11) is 1.60. The summed E-state index contributed by atoms with van der Waals surface area (Å²) in [6, 6.07) is 31.3. The van der Waals surface area contributed by atoms with Crippen LogP contribution in [0.15, 0.2) is 103 Å². The first-order chi connectivity index (χ1) is 20.4. The first kappa shape index (κ1) is 28.4. The highest BCUT2D eigenvalue weighted by atomic mass is 16.5. The van der Waals surface area contributed by atoms with Crippen molar-refractivity contribution in [3.05, 3.63) is 120 Å². The zero-order valence-corrected chi connectivity index (χ0v) is 23.7. The molecule has 0 bridgehead atoms. The second-order valence-corrected chi connectivity index (χ2v) is 10.0. The minimum Gasteiger partial charge on any atom is -0.496 e. The third kappa shape index (κ3) is 6.58. The van der Waals surface area contributed by atoms with Crippen LogP contribution in [0.4, 0.5) is 4.79 Å². The van der Waals surface area contributed by atoms with Crippen molar-refractivity contribution in [1.29, 1.82) is 0 Å². The molecule has 0 aliphatic heterocycles. The number of urea groups is 1. The molecule has 42 heavy (non-hydrogen) atoms. The smallest absolute Gasteiger partial charge is 0.317 e. The fraction of sp³-hybridized carbons (Fsp3) is 0.171. The Hall–Kier alpha value is -5.17. The van der Waals surface area contributed by atoms with Gasteiger partial charge in [-0.25, -0.2) is 4.79 Å². The van der Waals surface area contributed by atoms with Gasteiger partial charge in [-0.1, -0.05) is 66.7 Å². The third-order valence-corrected chi connectivity index (χ3v) is 7.27. The van der Waals surface area contributed by atoms with Crippen LogP contribution < -0.4 is 10.1 Å². The van der Waals surface area contributed by atoms with E-state index in [4.69, 9.17) is 4.74 Å². The van der Waals surface area contributed by atoms with Crippen LogP contribution in [0.2, 0.25) is 0 Å². The zero-order chi connectivity index (χ0) is 29.5. The SMILES string of the molecule is CCN(Cc1cc(-c2ccc3cccnc3c2)ccc1-c1cc(CC(=O)O)ccc1OC)C(=O)NCc1ccccc1. The van der Waals surface area contributed by atoms with E-state index in [0.717, 1.165) is 44.3 Å². The Morgan fingerprint density at radius 2 is 1.64 bits per heavy atom. The van der Waals surface area contributed by atoms with Crippen LogP contribution in [0.5, 0.6) is 5.75 Å². The maximum atomic E-state index is 13.3. The molecule has 7 heteroatoms. The number of rotatable bonds is 10. The van der Waals surface area contributed by atoms with Gasteiger partial charge in [-0.05, 0) is 70.6 Å². The molecule has 0 spiro atoms. The molecule has 4 aromatic carbocycles. The lowest BCUT2D eigenvalue weighted by atomic mass is 9.92. The van der Waals surface area contributed by atoms with Crippen molar-refractivity contribution in [2.24, 2.45) is 0 Å². The molecule has 0 aliphatic carbocycles. The molecule has 0 radical (unpaired) electrons. The number of methoxy groups -OCH3 is 1. The van der Waals surface area contributed by atoms with Crippen molar-refractivity contribution in [3.63, 3.8) is 0 Å². The van der Waals surface area contributed by atoms with E-state index in [9.17, 15) is 14.7 Å². The van der Waals surface area contributed by atoms with Crippen LogP contribution in [-0.4, -0.2) is 40.6 Å². The molecule has 0 saturated carbocycles. The summed E-state index contributed by atoms with van der Waals surface area (Å²) in [5.41, 5.74) is 7.15. The first-order valence-electron chi connectivity index (χ1n) is 13.9. The minimum atomic E-state index is -0.904. The largest absolute Gasteiger partial charge is 0.496 e. The second kappa shape index (κ2) is 13.0. The van der Waals surface area contributed by atoms with Crippen molar-refractivity contribution in [3.8, 4) is 28.0 Å². The summed E-state index contributed by atoms with van der Waals surface area (Å²) < 4.78 is 5.70. The van der Waals surface area contributed by atoms with Gasteiger partial charge < -0.3 is 20.1 Å². The number of ether oxygens (including phenoxy) is 1. The van der Waals surface area contributed by atoms with Crippen LogP contribution in [0.3, 0.4) is 0 Å². The van der Waals surface area contributed by atoms with Crippen molar-refractivity contribution in [1.82, 2.24) is 15.2 Å². The van der Waals surface area contributed by atoms with Crippen molar-refractivity contribution in [2.45, 2.75) is 26.4 Å². The fourth-order valence-corrected chi connectivity index (χ4v) is 5.08. The lowest BCUT2D eigenvalue weighted by Crippen LogP contribution is -2.39. The van der Waals surface area contributed by atoms with Gasteiger partial charge in [-0.15, -0.1) is 0 Å². The number of carboxylic acid groups (broad SMARTS) is 1. The molecule has 212 valence electrons. The minimum absolute atomic E-state index is 0.0997. The fourth-order valence-electron chi connectivity index (χ4n) is 5.08. The molecule has 5 rings (SSSR count). The Bertz CT molecular complexity index is 1720. The second-order valence-electron chi connectivity index (χ2n) is 10.0. The molecular formula is C35H33N3O4. The average Bonchev–Trinajstić information content (AvgIpc) is 3.02. The Kier molecular flexibility index (Phi) is 8.78. The number of pyridine rings is 1. The molecule has 0 saturated heterocycles. The van der Waals surface area contributed by atoms with Crippen LogP contribution in [-0.2, 0) is 24.3 Å².